The van der Waals surface area contributed by atoms with Crippen LogP contribution in [0.5, 0.6) is 0 Å². The minimum atomic E-state index is 0.351. The Kier molecular flexibility index (Phi) is 4.77. The van der Waals surface area contributed by atoms with Crippen LogP contribution < -0.4 is 10.8 Å². The molecule has 1 rings (SSSR count). The maximum atomic E-state index is 5.06. The monoisotopic (exact) mass is 168 g/mol. The first-order valence-electron chi connectivity index (χ1n) is 4.45. The standard InChI is InChI=1S/C9H16N2O/c1-2-8-12-11-9-4-3-6-10-7-5-9/h1,9-11H,3-8H2. The quantitative estimate of drug-likeness (QED) is 0.361. The summed E-state index contributed by atoms with van der Waals surface area (Å²) >= 11 is 0. The number of hydrogen-bond acceptors (Lipinski definition) is 3. The fourth-order valence-corrected chi connectivity index (χ4v) is 1.34. The van der Waals surface area contributed by atoms with Crippen molar-refractivity contribution < 1.29 is 4.84 Å². The van der Waals surface area contributed by atoms with Gasteiger partial charge in [0.2, 0.25) is 0 Å². The molecular formula is C9H16N2O. The van der Waals surface area contributed by atoms with Gasteiger partial charge < -0.3 is 5.32 Å². The normalized spacial score (nSPS) is 24.4. The Hall–Kier alpha value is -0.560. The van der Waals surface area contributed by atoms with Crippen LogP contribution in [0.15, 0.2) is 0 Å². The average Bonchev–Trinajstić information content (AvgIpc) is 2.33. The van der Waals surface area contributed by atoms with Crippen molar-refractivity contribution in [2.75, 3.05) is 19.7 Å². The van der Waals surface area contributed by atoms with Crippen LogP contribution in [0.3, 0.4) is 0 Å². The Bertz CT molecular complexity index is 145. The molecule has 1 aliphatic heterocycles. The zero-order valence-electron chi connectivity index (χ0n) is 7.31. The van der Waals surface area contributed by atoms with Crippen LogP contribution in [0.25, 0.3) is 0 Å². The second-order valence-corrected chi connectivity index (χ2v) is 2.99. The predicted octanol–water partition coefficient (Wildman–Crippen LogP) is 0.283. The first kappa shape index (κ1) is 9.53. The predicted molar refractivity (Wildman–Crippen MR) is 48.4 cm³/mol. The highest BCUT2D eigenvalue weighted by molar-refractivity contribution is 4.82. The van der Waals surface area contributed by atoms with Gasteiger partial charge in [0, 0.05) is 6.04 Å². The van der Waals surface area contributed by atoms with Gasteiger partial charge in [-0.3, -0.25) is 4.84 Å². The minimum Gasteiger partial charge on any atom is -0.317 e. The van der Waals surface area contributed by atoms with Crippen molar-refractivity contribution in [1.82, 2.24) is 10.8 Å². The van der Waals surface area contributed by atoms with Crippen molar-refractivity contribution in [3.8, 4) is 12.3 Å². The van der Waals surface area contributed by atoms with Gasteiger partial charge in [0.25, 0.3) is 0 Å². The number of hydrogen-bond donors (Lipinski definition) is 2. The molecule has 1 unspecified atom stereocenters. The molecule has 1 saturated heterocycles. The van der Waals surface area contributed by atoms with E-state index >= 15 is 0 Å². The number of nitrogens with one attached hydrogen (secondary N) is 2. The highest BCUT2D eigenvalue weighted by atomic mass is 16.6. The first-order valence-corrected chi connectivity index (χ1v) is 4.45. The van der Waals surface area contributed by atoms with Gasteiger partial charge in [0.15, 0.2) is 0 Å². The Morgan fingerprint density at radius 2 is 2.42 bits per heavy atom. The van der Waals surface area contributed by atoms with E-state index in [4.69, 9.17) is 11.3 Å². The lowest BCUT2D eigenvalue weighted by atomic mass is 10.1. The second-order valence-electron chi connectivity index (χ2n) is 2.99. The van der Waals surface area contributed by atoms with Gasteiger partial charge in [-0.25, -0.2) is 0 Å². The lowest BCUT2D eigenvalue weighted by Crippen LogP contribution is -2.30. The molecule has 0 aromatic heterocycles. The van der Waals surface area contributed by atoms with Crippen molar-refractivity contribution in [1.29, 1.82) is 0 Å². The van der Waals surface area contributed by atoms with E-state index in [-0.39, 0.29) is 0 Å². The molecule has 0 aliphatic carbocycles. The van der Waals surface area contributed by atoms with Crippen LogP contribution in [0.1, 0.15) is 19.3 Å². The van der Waals surface area contributed by atoms with Crippen LogP contribution in [0.2, 0.25) is 0 Å². The highest BCUT2D eigenvalue weighted by Crippen LogP contribution is 2.04. The van der Waals surface area contributed by atoms with Gasteiger partial charge in [0.05, 0.1) is 0 Å². The van der Waals surface area contributed by atoms with E-state index in [0.717, 1.165) is 25.9 Å². The van der Waals surface area contributed by atoms with Crippen molar-refractivity contribution in [3.63, 3.8) is 0 Å². The van der Waals surface area contributed by atoms with Crippen LogP contribution in [-0.2, 0) is 4.84 Å². The van der Waals surface area contributed by atoms with Crippen molar-refractivity contribution in [3.05, 3.63) is 0 Å². The third kappa shape index (κ3) is 3.72. The van der Waals surface area contributed by atoms with E-state index in [0.29, 0.717) is 12.6 Å². The zero-order chi connectivity index (χ0) is 8.65. The third-order valence-electron chi connectivity index (χ3n) is 1.98. The molecule has 0 saturated carbocycles. The summed E-state index contributed by atoms with van der Waals surface area (Å²) in [7, 11) is 0. The summed E-state index contributed by atoms with van der Waals surface area (Å²) in [5, 5.41) is 3.33. The minimum absolute atomic E-state index is 0.351. The van der Waals surface area contributed by atoms with Crippen LogP contribution in [0.4, 0.5) is 0 Å². The molecule has 0 radical (unpaired) electrons. The van der Waals surface area contributed by atoms with Crippen molar-refractivity contribution >= 4 is 0 Å². The van der Waals surface area contributed by atoms with E-state index in [1.807, 2.05) is 0 Å². The summed E-state index contributed by atoms with van der Waals surface area (Å²) in [6.45, 7) is 2.54. The van der Waals surface area contributed by atoms with Gasteiger partial charge in [-0.2, -0.15) is 5.48 Å². The van der Waals surface area contributed by atoms with Crippen molar-refractivity contribution in [2.24, 2.45) is 0 Å². The van der Waals surface area contributed by atoms with Crippen LogP contribution >= 0.6 is 0 Å². The fraction of sp³-hybridized carbons (Fsp3) is 0.778. The van der Waals surface area contributed by atoms with Gasteiger partial charge in [0.1, 0.15) is 6.61 Å². The van der Waals surface area contributed by atoms with Crippen molar-refractivity contribution in [2.45, 2.75) is 25.3 Å². The Labute approximate surface area is 73.8 Å². The third-order valence-corrected chi connectivity index (χ3v) is 1.98. The molecule has 12 heavy (non-hydrogen) atoms. The molecule has 1 atom stereocenters. The molecule has 2 N–H and O–H groups in total. The lowest BCUT2D eigenvalue weighted by Gasteiger charge is -2.13. The number of rotatable bonds is 3. The topological polar surface area (TPSA) is 33.3 Å². The summed E-state index contributed by atoms with van der Waals surface area (Å²) in [4.78, 5) is 5.06. The fourth-order valence-electron chi connectivity index (χ4n) is 1.34. The smallest absolute Gasteiger partial charge is 0.128 e. The lowest BCUT2D eigenvalue weighted by molar-refractivity contribution is 0.0349. The molecule has 0 bridgehead atoms. The molecular weight excluding hydrogens is 152 g/mol. The van der Waals surface area contributed by atoms with Gasteiger partial charge >= 0.3 is 0 Å². The van der Waals surface area contributed by atoms with Gasteiger partial charge in [-0.15, -0.1) is 6.42 Å². The Morgan fingerprint density at radius 1 is 1.50 bits per heavy atom. The molecule has 0 amide bonds. The van der Waals surface area contributed by atoms with E-state index in [9.17, 15) is 0 Å². The maximum Gasteiger partial charge on any atom is 0.128 e. The Balaban J connectivity index is 2.08. The van der Waals surface area contributed by atoms with Crippen LogP contribution in [-0.4, -0.2) is 25.7 Å². The van der Waals surface area contributed by atoms with E-state index in [1.165, 1.54) is 6.42 Å². The maximum absolute atomic E-state index is 5.06. The summed E-state index contributed by atoms with van der Waals surface area (Å²) < 4.78 is 0. The summed E-state index contributed by atoms with van der Waals surface area (Å²) in [6.07, 6.45) is 8.53. The SMILES string of the molecule is C#CCONC1CCCNCC1. The molecule has 0 aromatic carbocycles. The zero-order valence-corrected chi connectivity index (χ0v) is 7.31. The summed E-state index contributed by atoms with van der Waals surface area (Å²) in [5.74, 6) is 2.42. The summed E-state index contributed by atoms with van der Waals surface area (Å²) in [5.41, 5.74) is 2.98. The average molecular weight is 168 g/mol. The second kappa shape index (κ2) is 6.01. The first-order chi connectivity index (χ1) is 5.93. The number of terminal acetylenes is 1. The van der Waals surface area contributed by atoms with E-state index < -0.39 is 0 Å². The molecule has 1 heterocycles. The van der Waals surface area contributed by atoms with Gasteiger partial charge in [-0.05, 0) is 32.4 Å². The van der Waals surface area contributed by atoms with E-state index in [2.05, 4.69) is 16.7 Å². The molecule has 0 aromatic rings. The molecule has 0 spiro atoms. The molecule has 3 heteroatoms. The number of hydroxylamine groups is 1. The summed E-state index contributed by atoms with van der Waals surface area (Å²) in [6, 6.07) is 0.466. The molecule has 1 aliphatic rings. The molecule has 1 fully saturated rings. The highest BCUT2D eigenvalue weighted by Gasteiger charge is 2.10. The molecule has 3 nitrogen and oxygen atoms in total. The molecule has 68 valence electrons. The van der Waals surface area contributed by atoms with E-state index in [1.54, 1.807) is 0 Å². The largest absolute Gasteiger partial charge is 0.317 e. The van der Waals surface area contributed by atoms with Crippen LogP contribution in [0, 0.1) is 12.3 Å². The van der Waals surface area contributed by atoms with Gasteiger partial charge in [-0.1, -0.05) is 5.92 Å². The Morgan fingerprint density at radius 3 is 3.25 bits per heavy atom.